The number of thiazole rings is 1. The zero-order chi connectivity index (χ0) is 19.6. The molecule has 2 atom stereocenters. The van der Waals surface area contributed by atoms with Crippen LogP contribution in [-0.4, -0.2) is 57.8 Å². The SMILES string of the molecule is CCCCCCC(C)NCC1CCC(=O)N1CCSc1nc(C(=O)O)cs1. The molecule has 1 aromatic heterocycles. The number of hydrogen-bond acceptors (Lipinski definition) is 6. The van der Waals surface area contributed by atoms with Crippen molar-refractivity contribution in [1.29, 1.82) is 0 Å². The number of thioether (sulfide) groups is 1. The fourth-order valence-corrected chi connectivity index (χ4v) is 5.09. The van der Waals surface area contributed by atoms with Crippen LogP contribution in [0.1, 0.15) is 69.3 Å². The number of nitrogens with one attached hydrogen (secondary N) is 1. The van der Waals surface area contributed by atoms with Crippen molar-refractivity contribution in [2.75, 3.05) is 18.8 Å². The fourth-order valence-electron chi connectivity index (χ4n) is 3.28. The fraction of sp³-hybridized carbons (Fsp3) is 0.737. The first kappa shape index (κ1) is 22.2. The van der Waals surface area contributed by atoms with E-state index in [1.165, 1.54) is 55.2 Å². The molecule has 0 radical (unpaired) electrons. The van der Waals surface area contributed by atoms with E-state index >= 15 is 0 Å². The molecular formula is C19H31N3O3S2. The van der Waals surface area contributed by atoms with Crippen LogP contribution in [0.15, 0.2) is 9.72 Å². The van der Waals surface area contributed by atoms with Crippen molar-refractivity contribution in [3.8, 4) is 0 Å². The number of aromatic nitrogens is 1. The van der Waals surface area contributed by atoms with Gasteiger partial charge in [0, 0.05) is 42.7 Å². The Hall–Kier alpha value is -1.12. The molecule has 27 heavy (non-hydrogen) atoms. The first-order chi connectivity index (χ1) is 13.0. The lowest BCUT2D eigenvalue weighted by molar-refractivity contribution is -0.128. The van der Waals surface area contributed by atoms with Crippen LogP contribution in [-0.2, 0) is 4.79 Å². The lowest BCUT2D eigenvalue weighted by Crippen LogP contribution is -2.43. The van der Waals surface area contributed by atoms with Crippen molar-refractivity contribution in [1.82, 2.24) is 15.2 Å². The molecule has 2 N–H and O–H groups in total. The zero-order valence-electron chi connectivity index (χ0n) is 16.3. The summed E-state index contributed by atoms with van der Waals surface area (Å²) in [6.07, 6.45) is 7.86. The van der Waals surface area contributed by atoms with Gasteiger partial charge in [0.2, 0.25) is 5.91 Å². The van der Waals surface area contributed by atoms with Gasteiger partial charge in [-0.1, -0.05) is 44.4 Å². The molecule has 0 spiro atoms. The molecule has 6 nitrogen and oxygen atoms in total. The van der Waals surface area contributed by atoms with Crippen molar-refractivity contribution in [3.63, 3.8) is 0 Å². The first-order valence-corrected chi connectivity index (χ1v) is 11.7. The summed E-state index contributed by atoms with van der Waals surface area (Å²) in [5.74, 6) is -0.0346. The van der Waals surface area contributed by atoms with Crippen molar-refractivity contribution in [3.05, 3.63) is 11.1 Å². The highest BCUT2D eigenvalue weighted by Crippen LogP contribution is 2.25. The molecule has 152 valence electrons. The lowest BCUT2D eigenvalue weighted by atomic mass is 10.1. The van der Waals surface area contributed by atoms with Crippen LogP contribution in [0.4, 0.5) is 0 Å². The standard InChI is InChI=1S/C19H31N3O3S2/c1-3-4-5-6-7-14(2)20-12-15-8-9-17(23)22(15)10-11-26-19-21-16(13-27-19)18(24)25/h13-15,20H,3-12H2,1-2H3,(H,24,25). The number of nitrogens with zero attached hydrogens (tertiary/aromatic N) is 2. The Morgan fingerprint density at radius 1 is 1.48 bits per heavy atom. The van der Waals surface area contributed by atoms with E-state index < -0.39 is 5.97 Å². The number of carboxylic acid groups (broad SMARTS) is 1. The predicted molar refractivity (Wildman–Crippen MR) is 111 cm³/mol. The maximum atomic E-state index is 12.2. The molecule has 0 saturated carbocycles. The van der Waals surface area contributed by atoms with Crippen LogP contribution in [0.2, 0.25) is 0 Å². The van der Waals surface area contributed by atoms with Crippen LogP contribution in [0.5, 0.6) is 0 Å². The van der Waals surface area contributed by atoms with Crippen molar-refractivity contribution >= 4 is 35.0 Å². The number of hydrogen-bond donors (Lipinski definition) is 2. The third kappa shape index (κ3) is 7.43. The lowest BCUT2D eigenvalue weighted by Gasteiger charge is -2.26. The third-order valence-corrected chi connectivity index (χ3v) is 6.91. The van der Waals surface area contributed by atoms with Gasteiger partial charge in [-0.25, -0.2) is 9.78 Å². The van der Waals surface area contributed by atoms with Crippen LogP contribution in [0.25, 0.3) is 0 Å². The maximum absolute atomic E-state index is 12.2. The van der Waals surface area contributed by atoms with E-state index in [9.17, 15) is 9.59 Å². The van der Waals surface area contributed by atoms with Gasteiger partial charge in [0.1, 0.15) is 0 Å². The molecule has 1 saturated heterocycles. The Kier molecular flexibility index (Phi) is 9.58. The quantitative estimate of drug-likeness (QED) is 0.377. The van der Waals surface area contributed by atoms with Crippen LogP contribution < -0.4 is 5.32 Å². The number of aromatic carboxylic acids is 1. The molecule has 1 fully saturated rings. The van der Waals surface area contributed by atoms with Crippen molar-refractivity contribution in [2.24, 2.45) is 0 Å². The minimum absolute atomic E-state index is 0.0924. The molecule has 8 heteroatoms. The average Bonchev–Trinajstić information content (AvgIpc) is 3.25. The van der Waals surface area contributed by atoms with Gasteiger partial charge in [-0.3, -0.25) is 4.79 Å². The summed E-state index contributed by atoms with van der Waals surface area (Å²) in [7, 11) is 0. The van der Waals surface area contributed by atoms with E-state index in [1.807, 2.05) is 4.90 Å². The first-order valence-electron chi connectivity index (χ1n) is 9.85. The second-order valence-corrected chi connectivity index (χ2v) is 9.29. The van der Waals surface area contributed by atoms with Gasteiger partial charge in [0.15, 0.2) is 10.0 Å². The molecular weight excluding hydrogens is 382 g/mol. The Balaban J connectivity index is 1.70. The van der Waals surface area contributed by atoms with Gasteiger partial charge < -0.3 is 15.3 Å². The number of carbonyl (C=O) groups is 2. The summed E-state index contributed by atoms with van der Waals surface area (Å²) < 4.78 is 0.745. The van der Waals surface area contributed by atoms with Crippen LogP contribution in [0, 0.1) is 0 Å². The van der Waals surface area contributed by atoms with Gasteiger partial charge in [-0.05, 0) is 19.8 Å². The molecule has 0 aliphatic carbocycles. The monoisotopic (exact) mass is 413 g/mol. The largest absolute Gasteiger partial charge is 0.476 e. The summed E-state index contributed by atoms with van der Waals surface area (Å²) in [4.78, 5) is 29.2. The Morgan fingerprint density at radius 2 is 2.30 bits per heavy atom. The van der Waals surface area contributed by atoms with Gasteiger partial charge in [0.25, 0.3) is 0 Å². The van der Waals surface area contributed by atoms with E-state index in [0.29, 0.717) is 19.0 Å². The Labute approximate surface area is 170 Å². The molecule has 1 aliphatic heterocycles. The minimum atomic E-state index is -0.997. The predicted octanol–water partition coefficient (Wildman–Crippen LogP) is 3.87. The summed E-state index contributed by atoms with van der Waals surface area (Å²) in [5, 5.41) is 14.1. The van der Waals surface area contributed by atoms with E-state index in [0.717, 1.165) is 23.1 Å². The number of unbranched alkanes of at least 4 members (excludes halogenated alkanes) is 3. The maximum Gasteiger partial charge on any atom is 0.355 e. The van der Waals surface area contributed by atoms with E-state index in [1.54, 1.807) is 5.38 Å². The molecule has 0 bridgehead atoms. The highest BCUT2D eigenvalue weighted by Gasteiger charge is 2.30. The molecule has 1 amide bonds. The number of rotatable bonds is 13. The summed E-state index contributed by atoms with van der Waals surface area (Å²) in [5.41, 5.74) is 0.0924. The average molecular weight is 414 g/mol. The number of carboxylic acids is 1. The third-order valence-electron chi connectivity index (χ3n) is 4.91. The van der Waals surface area contributed by atoms with E-state index in [-0.39, 0.29) is 17.6 Å². The van der Waals surface area contributed by atoms with Gasteiger partial charge in [0.05, 0.1) is 0 Å². The van der Waals surface area contributed by atoms with Crippen LogP contribution in [0.3, 0.4) is 0 Å². The highest BCUT2D eigenvalue weighted by molar-refractivity contribution is 8.01. The van der Waals surface area contributed by atoms with Crippen LogP contribution >= 0.6 is 23.1 Å². The number of amides is 1. The van der Waals surface area contributed by atoms with E-state index in [4.69, 9.17) is 5.11 Å². The highest BCUT2D eigenvalue weighted by atomic mass is 32.2. The summed E-state index contributed by atoms with van der Waals surface area (Å²) in [6, 6.07) is 0.751. The molecule has 2 rings (SSSR count). The summed E-state index contributed by atoms with van der Waals surface area (Å²) in [6.45, 7) is 5.99. The second-order valence-electron chi connectivity index (χ2n) is 7.09. The molecule has 0 aromatic carbocycles. The Bertz CT molecular complexity index is 609. The molecule has 2 heterocycles. The van der Waals surface area contributed by atoms with Gasteiger partial charge in [-0.2, -0.15) is 0 Å². The smallest absolute Gasteiger partial charge is 0.355 e. The normalized spacial score (nSPS) is 18.2. The topological polar surface area (TPSA) is 82.5 Å². The molecule has 2 unspecified atom stereocenters. The summed E-state index contributed by atoms with van der Waals surface area (Å²) >= 11 is 2.86. The van der Waals surface area contributed by atoms with Crippen molar-refractivity contribution < 1.29 is 14.7 Å². The van der Waals surface area contributed by atoms with E-state index in [2.05, 4.69) is 24.1 Å². The van der Waals surface area contributed by atoms with Gasteiger partial charge in [-0.15, -0.1) is 11.3 Å². The Morgan fingerprint density at radius 3 is 3.00 bits per heavy atom. The number of likely N-dealkylation sites (tertiary alicyclic amines) is 1. The number of carbonyl (C=O) groups excluding carboxylic acids is 1. The minimum Gasteiger partial charge on any atom is -0.476 e. The zero-order valence-corrected chi connectivity index (χ0v) is 17.9. The van der Waals surface area contributed by atoms with Crippen molar-refractivity contribution in [2.45, 2.75) is 75.2 Å². The second kappa shape index (κ2) is 11.7. The molecule has 1 aromatic rings. The van der Waals surface area contributed by atoms with Gasteiger partial charge >= 0.3 is 5.97 Å². The molecule has 1 aliphatic rings.